The molecule has 1 unspecified atom stereocenters. The Hall–Kier alpha value is 0.787. The summed E-state index contributed by atoms with van der Waals surface area (Å²) >= 11 is 17.4. The van der Waals surface area contributed by atoms with Crippen molar-refractivity contribution in [1.29, 1.82) is 0 Å². The minimum atomic E-state index is -2.70. The maximum Gasteiger partial charge on any atom is 0.369 e. The van der Waals surface area contributed by atoms with Crippen LogP contribution in [0.15, 0.2) is 12.2 Å². The standard InChI is InChI=1S/C7H13Cl3OSi/c1-4-7(12(8,9)10)11-5-6(2)3/h7H,2,4-5H2,1,3H3. The summed E-state index contributed by atoms with van der Waals surface area (Å²) < 4.78 is 5.38. The largest absolute Gasteiger partial charge is 0.373 e. The minimum Gasteiger partial charge on any atom is -0.373 e. The van der Waals surface area contributed by atoms with Crippen molar-refractivity contribution in [3.05, 3.63) is 12.2 Å². The summed E-state index contributed by atoms with van der Waals surface area (Å²) in [6.45, 7) is 8.00. The van der Waals surface area contributed by atoms with Gasteiger partial charge in [0.05, 0.1) is 12.3 Å². The van der Waals surface area contributed by atoms with Crippen molar-refractivity contribution >= 4 is 39.2 Å². The van der Waals surface area contributed by atoms with E-state index in [1.807, 2.05) is 13.8 Å². The first-order chi connectivity index (χ1) is 5.38. The summed E-state index contributed by atoms with van der Waals surface area (Å²) in [5.74, 6) is 0. The fraction of sp³-hybridized carbons (Fsp3) is 0.714. The van der Waals surface area contributed by atoms with Crippen molar-refractivity contribution in [2.75, 3.05) is 6.61 Å². The highest BCUT2D eigenvalue weighted by molar-refractivity contribution is 7.65. The molecule has 0 heterocycles. The first-order valence-electron chi connectivity index (χ1n) is 3.70. The molecule has 0 saturated carbocycles. The lowest BCUT2D eigenvalue weighted by molar-refractivity contribution is 0.122. The van der Waals surface area contributed by atoms with Gasteiger partial charge >= 0.3 is 6.00 Å². The van der Waals surface area contributed by atoms with Crippen molar-refractivity contribution in [2.45, 2.75) is 26.0 Å². The molecule has 0 saturated heterocycles. The molecule has 72 valence electrons. The molecule has 0 amide bonds. The highest BCUT2D eigenvalue weighted by Crippen LogP contribution is 2.28. The average Bonchev–Trinajstić information content (AvgIpc) is 1.85. The zero-order valence-corrected chi connectivity index (χ0v) is 10.5. The second-order valence-electron chi connectivity index (χ2n) is 2.71. The van der Waals surface area contributed by atoms with Crippen molar-refractivity contribution < 1.29 is 4.74 Å². The van der Waals surface area contributed by atoms with Crippen LogP contribution in [0.2, 0.25) is 0 Å². The van der Waals surface area contributed by atoms with Gasteiger partial charge in [-0.3, -0.25) is 0 Å². The van der Waals surface area contributed by atoms with Gasteiger partial charge < -0.3 is 4.74 Å². The normalized spacial score (nSPS) is 14.4. The van der Waals surface area contributed by atoms with Crippen LogP contribution < -0.4 is 0 Å². The van der Waals surface area contributed by atoms with Crippen LogP contribution in [-0.2, 0) is 4.74 Å². The third-order valence-electron chi connectivity index (χ3n) is 1.27. The molecule has 0 spiro atoms. The van der Waals surface area contributed by atoms with E-state index in [-0.39, 0.29) is 5.73 Å². The zero-order valence-electron chi connectivity index (χ0n) is 7.24. The van der Waals surface area contributed by atoms with E-state index in [0.29, 0.717) is 6.61 Å². The predicted molar refractivity (Wildman–Crippen MR) is 58.2 cm³/mol. The van der Waals surface area contributed by atoms with Crippen LogP contribution in [0, 0.1) is 0 Å². The lowest BCUT2D eigenvalue weighted by Crippen LogP contribution is -2.33. The molecule has 0 aliphatic heterocycles. The van der Waals surface area contributed by atoms with E-state index >= 15 is 0 Å². The van der Waals surface area contributed by atoms with E-state index in [9.17, 15) is 0 Å². The van der Waals surface area contributed by atoms with E-state index in [4.69, 9.17) is 38.0 Å². The summed E-state index contributed by atoms with van der Waals surface area (Å²) in [6, 6.07) is -2.70. The van der Waals surface area contributed by atoms with Gasteiger partial charge in [-0.2, -0.15) is 0 Å². The Labute approximate surface area is 88.8 Å². The Morgan fingerprint density at radius 3 is 2.25 bits per heavy atom. The Morgan fingerprint density at radius 1 is 1.50 bits per heavy atom. The van der Waals surface area contributed by atoms with Crippen molar-refractivity contribution in [3.8, 4) is 0 Å². The van der Waals surface area contributed by atoms with Gasteiger partial charge in [-0.05, 0) is 13.3 Å². The van der Waals surface area contributed by atoms with E-state index in [1.165, 1.54) is 0 Å². The van der Waals surface area contributed by atoms with Gasteiger partial charge in [-0.15, -0.1) is 33.2 Å². The zero-order chi connectivity index (χ0) is 9.78. The van der Waals surface area contributed by atoms with Crippen molar-refractivity contribution in [1.82, 2.24) is 0 Å². The Balaban J connectivity index is 3.92. The van der Waals surface area contributed by atoms with Crippen molar-refractivity contribution in [2.24, 2.45) is 0 Å². The molecule has 0 aromatic heterocycles. The van der Waals surface area contributed by atoms with Crippen LogP contribution in [0.4, 0.5) is 0 Å². The molecule has 0 aliphatic rings. The molecule has 0 aromatic rings. The van der Waals surface area contributed by atoms with Crippen LogP contribution in [-0.4, -0.2) is 18.3 Å². The van der Waals surface area contributed by atoms with E-state index in [2.05, 4.69) is 6.58 Å². The lowest BCUT2D eigenvalue weighted by atomic mass is 10.4. The molecule has 0 aliphatic carbocycles. The average molecular weight is 248 g/mol. The van der Waals surface area contributed by atoms with E-state index in [1.54, 1.807) is 0 Å². The monoisotopic (exact) mass is 246 g/mol. The molecular weight excluding hydrogens is 235 g/mol. The Morgan fingerprint density at radius 2 is 2.00 bits per heavy atom. The number of hydrogen-bond acceptors (Lipinski definition) is 1. The minimum absolute atomic E-state index is 0.223. The number of halogens is 3. The lowest BCUT2D eigenvalue weighted by Gasteiger charge is -2.20. The SMILES string of the molecule is C=C(C)COC(CC)[Si](Cl)(Cl)Cl. The van der Waals surface area contributed by atoms with Gasteiger partial charge in [-0.1, -0.05) is 19.1 Å². The third-order valence-corrected chi connectivity index (χ3v) is 4.76. The molecule has 12 heavy (non-hydrogen) atoms. The third kappa shape index (κ3) is 5.44. The van der Waals surface area contributed by atoms with Crippen LogP contribution in [0.25, 0.3) is 0 Å². The van der Waals surface area contributed by atoms with Gasteiger partial charge in [0.15, 0.2) is 0 Å². The molecule has 0 rings (SSSR count). The second kappa shape index (κ2) is 5.50. The van der Waals surface area contributed by atoms with Crippen LogP contribution in [0.3, 0.4) is 0 Å². The highest BCUT2D eigenvalue weighted by atomic mass is 35.8. The molecule has 0 bridgehead atoms. The number of hydrogen-bond donors (Lipinski definition) is 0. The summed E-state index contributed by atoms with van der Waals surface area (Å²) in [7, 11) is 0. The summed E-state index contributed by atoms with van der Waals surface area (Å²) in [5.41, 5.74) is 0.718. The molecule has 0 aromatic carbocycles. The van der Waals surface area contributed by atoms with Crippen LogP contribution in [0.5, 0.6) is 0 Å². The number of ether oxygens (including phenoxy) is 1. The first kappa shape index (κ1) is 12.8. The maximum absolute atomic E-state index is 5.80. The van der Waals surface area contributed by atoms with Gasteiger partial charge in [0, 0.05) is 0 Å². The van der Waals surface area contributed by atoms with Gasteiger partial charge in [0.1, 0.15) is 0 Å². The molecule has 0 fully saturated rings. The second-order valence-corrected chi connectivity index (χ2v) is 11.5. The molecule has 5 heteroatoms. The van der Waals surface area contributed by atoms with Crippen molar-refractivity contribution in [3.63, 3.8) is 0 Å². The molecular formula is C7H13Cl3OSi. The fourth-order valence-corrected chi connectivity index (χ4v) is 3.38. The molecule has 1 atom stereocenters. The van der Waals surface area contributed by atoms with Gasteiger partial charge in [0.2, 0.25) is 0 Å². The number of rotatable bonds is 5. The van der Waals surface area contributed by atoms with Crippen LogP contribution >= 0.6 is 33.2 Å². The quantitative estimate of drug-likeness (QED) is 0.410. The van der Waals surface area contributed by atoms with E-state index < -0.39 is 6.00 Å². The maximum atomic E-state index is 5.80. The topological polar surface area (TPSA) is 9.23 Å². The Kier molecular flexibility index (Phi) is 5.86. The summed E-state index contributed by atoms with van der Waals surface area (Å²) in [5, 5.41) is 0. The smallest absolute Gasteiger partial charge is 0.369 e. The molecule has 0 N–H and O–H groups in total. The molecule has 1 nitrogen and oxygen atoms in total. The summed E-state index contributed by atoms with van der Waals surface area (Å²) in [6.07, 6.45) is 0.732. The Bertz CT molecular complexity index is 155. The van der Waals surface area contributed by atoms with Gasteiger partial charge in [-0.25, -0.2) is 0 Å². The van der Waals surface area contributed by atoms with E-state index in [0.717, 1.165) is 12.0 Å². The fourth-order valence-electron chi connectivity index (χ4n) is 0.687. The van der Waals surface area contributed by atoms with Gasteiger partial charge in [0.25, 0.3) is 0 Å². The highest BCUT2D eigenvalue weighted by Gasteiger charge is 2.36. The molecule has 0 radical (unpaired) electrons. The summed E-state index contributed by atoms with van der Waals surface area (Å²) in [4.78, 5) is 0. The predicted octanol–water partition coefficient (Wildman–Crippen LogP) is 3.55. The first-order valence-corrected chi connectivity index (χ1v) is 8.82. The van der Waals surface area contributed by atoms with Crippen LogP contribution in [0.1, 0.15) is 20.3 Å².